The van der Waals surface area contributed by atoms with E-state index in [2.05, 4.69) is 19.2 Å². The highest BCUT2D eigenvalue weighted by molar-refractivity contribution is 5.84. The Labute approximate surface area is 174 Å². The third kappa shape index (κ3) is 18.3. The zero-order valence-electron chi connectivity index (χ0n) is 19.0. The standard InChI is InChI=1S/C24H47NO3/c1-4-6-8-10-11-12-13-14-15-17-19-21-28-24(27)22(3)25-23(26)20-18-16-9-7-5-2/h22H,4-21H2,1-3H3,(H,25,26)/t22-/m0/s1. The fraction of sp³-hybridized carbons (Fsp3) is 0.917. The van der Waals surface area contributed by atoms with Crippen molar-refractivity contribution in [1.82, 2.24) is 5.32 Å². The van der Waals surface area contributed by atoms with Crippen LogP contribution >= 0.6 is 0 Å². The van der Waals surface area contributed by atoms with Crippen LogP contribution in [0, 0.1) is 0 Å². The van der Waals surface area contributed by atoms with Crippen molar-refractivity contribution in [2.75, 3.05) is 6.61 Å². The van der Waals surface area contributed by atoms with Crippen LogP contribution in [0.1, 0.15) is 130 Å². The van der Waals surface area contributed by atoms with Gasteiger partial charge < -0.3 is 10.1 Å². The zero-order valence-corrected chi connectivity index (χ0v) is 19.0. The molecule has 0 unspecified atom stereocenters. The largest absolute Gasteiger partial charge is 0.464 e. The van der Waals surface area contributed by atoms with Crippen molar-refractivity contribution in [1.29, 1.82) is 0 Å². The maximum Gasteiger partial charge on any atom is 0.328 e. The second-order valence-electron chi connectivity index (χ2n) is 8.16. The molecule has 0 saturated carbocycles. The van der Waals surface area contributed by atoms with Crippen LogP contribution in [0.3, 0.4) is 0 Å². The molecule has 0 bridgehead atoms. The molecule has 28 heavy (non-hydrogen) atoms. The van der Waals surface area contributed by atoms with E-state index in [4.69, 9.17) is 4.74 Å². The molecule has 1 N–H and O–H groups in total. The molecule has 0 aromatic heterocycles. The predicted octanol–water partition coefficient (Wildman–Crippen LogP) is 6.71. The van der Waals surface area contributed by atoms with Crippen molar-refractivity contribution in [2.24, 2.45) is 0 Å². The van der Waals surface area contributed by atoms with Gasteiger partial charge in [-0.15, -0.1) is 0 Å². The average Bonchev–Trinajstić information content (AvgIpc) is 2.68. The molecular formula is C24H47NO3. The number of ether oxygens (including phenoxy) is 1. The number of carbonyl (C=O) groups is 2. The Morgan fingerprint density at radius 3 is 1.61 bits per heavy atom. The third-order valence-electron chi connectivity index (χ3n) is 5.23. The van der Waals surface area contributed by atoms with Gasteiger partial charge in [0.1, 0.15) is 6.04 Å². The highest BCUT2D eigenvalue weighted by Crippen LogP contribution is 2.11. The molecule has 0 aromatic carbocycles. The Hall–Kier alpha value is -1.06. The molecule has 0 fully saturated rings. The first-order chi connectivity index (χ1) is 13.6. The van der Waals surface area contributed by atoms with E-state index in [-0.39, 0.29) is 11.9 Å². The molecule has 4 nitrogen and oxygen atoms in total. The lowest BCUT2D eigenvalue weighted by Crippen LogP contribution is -2.39. The molecule has 0 saturated heterocycles. The molecule has 166 valence electrons. The lowest BCUT2D eigenvalue weighted by molar-refractivity contribution is -0.147. The molecular weight excluding hydrogens is 350 g/mol. The van der Waals surface area contributed by atoms with E-state index in [0.717, 1.165) is 25.7 Å². The van der Waals surface area contributed by atoms with Gasteiger partial charge in [0.2, 0.25) is 5.91 Å². The van der Waals surface area contributed by atoms with Crippen molar-refractivity contribution in [3.05, 3.63) is 0 Å². The van der Waals surface area contributed by atoms with E-state index in [1.54, 1.807) is 6.92 Å². The Balaban J connectivity index is 3.46. The SMILES string of the molecule is CCCCCCCCCCCCCOC(=O)[C@H](C)NC(=O)CCCCCCC. The predicted molar refractivity (Wildman–Crippen MR) is 118 cm³/mol. The summed E-state index contributed by atoms with van der Waals surface area (Å²) in [7, 11) is 0. The number of hydrogen-bond acceptors (Lipinski definition) is 3. The smallest absolute Gasteiger partial charge is 0.328 e. The van der Waals surface area contributed by atoms with Gasteiger partial charge >= 0.3 is 5.97 Å². The number of hydrogen-bond donors (Lipinski definition) is 1. The lowest BCUT2D eigenvalue weighted by atomic mass is 10.1. The van der Waals surface area contributed by atoms with Crippen LogP contribution in [0.4, 0.5) is 0 Å². The second-order valence-corrected chi connectivity index (χ2v) is 8.16. The minimum absolute atomic E-state index is 0.0457. The topological polar surface area (TPSA) is 55.4 Å². The van der Waals surface area contributed by atoms with Crippen molar-refractivity contribution in [3.63, 3.8) is 0 Å². The molecule has 0 aliphatic carbocycles. The molecule has 1 amide bonds. The summed E-state index contributed by atoms with van der Waals surface area (Å²) >= 11 is 0. The highest BCUT2D eigenvalue weighted by atomic mass is 16.5. The summed E-state index contributed by atoms with van der Waals surface area (Å²) in [6, 6.07) is -0.546. The van der Waals surface area contributed by atoms with E-state index in [0.29, 0.717) is 13.0 Å². The summed E-state index contributed by atoms with van der Waals surface area (Å²) in [6.07, 6.45) is 20.1. The van der Waals surface area contributed by atoms with Crippen molar-refractivity contribution < 1.29 is 14.3 Å². The Kier molecular flexibility index (Phi) is 19.9. The van der Waals surface area contributed by atoms with E-state index in [1.165, 1.54) is 77.0 Å². The molecule has 0 aliphatic heterocycles. The number of rotatable bonds is 20. The van der Waals surface area contributed by atoms with Crippen molar-refractivity contribution in [2.45, 2.75) is 136 Å². The van der Waals surface area contributed by atoms with Crippen LogP contribution in [-0.4, -0.2) is 24.5 Å². The molecule has 0 aromatic rings. The van der Waals surface area contributed by atoms with Crippen LogP contribution < -0.4 is 5.32 Å². The summed E-state index contributed by atoms with van der Waals surface area (Å²) in [6.45, 7) is 6.60. The molecule has 0 heterocycles. The zero-order chi connectivity index (χ0) is 20.9. The number of unbranched alkanes of at least 4 members (excludes halogenated alkanes) is 14. The van der Waals surface area contributed by atoms with Gasteiger partial charge in [-0.05, 0) is 19.8 Å². The summed E-state index contributed by atoms with van der Waals surface area (Å²) in [4.78, 5) is 23.8. The number of esters is 1. The van der Waals surface area contributed by atoms with Gasteiger partial charge in [-0.2, -0.15) is 0 Å². The first-order valence-electron chi connectivity index (χ1n) is 12.1. The molecule has 0 radical (unpaired) electrons. The maximum absolute atomic E-state index is 11.9. The molecule has 0 rings (SSSR count). The number of nitrogens with one attached hydrogen (secondary N) is 1. The van der Waals surface area contributed by atoms with Gasteiger partial charge in [-0.25, -0.2) is 4.79 Å². The Bertz CT molecular complexity index is 371. The summed E-state index contributed by atoms with van der Waals surface area (Å²) in [5, 5.41) is 2.75. The fourth-order valence-electron chi connectivity index (χ4n) is 3.33. The lowest BCUT2D eigenvalue weighted by Gasteiger charge is -2.13. The summed E-state index contributed by atoms with van der Waals surface area (Å²) < 4.78 is 5.29. The highest BCUT2D eigenvalue weighted by Gasteiger charge is 2.16. The molecule has 0 spiro atoms. The van der Waals surface area contributed by atoms with Gasteiger partial charge in [0.05, 0.1) is 6.61 Å². The van der Waals surface area contributed by atoms with Crippen LogP contribution in [0.25, 0.3) is 0 Å². The average molecular weight is 398 g/mol. The van der Waals surface area contributed by atoms with Gasteiger partial charge in [-0.3, -0.25) is 4.79 Å². The van der Waals surface area contributed by atoms with E-state index in [9.17, 15) is 9.59 Å². The number of carbonyl (C=O) groups excluding carboxylic acids is 2. The monoisotopic (exact) mass is 397 g/mol. The maximum atomic E-state index is 11.9. The van der Waals surface area contributed by atoms with E-state index < -0.39 is 6.04 Å². The van der Waals surface area contributed by atoms with Crippen molar-refractivity contribution in [3.8, 4) is 0 Å². The van der Waals surface area contributed by atoms with Crippen LogP contribution in [-0.2, 0) is 14.3 Å². The Morgan fingerprint density at radius 2 is 1.11 bits per heavy atom. The minimum atomic E-state index is -0.546. The fourth-order valence-corrected chi connectivity index (χ4v) is 3.33. The second kappa shape index (κ2) is 20.7. The molecule has 0 aliphatic rings. The van der Waals surface area contributed by atoms with Gasteiger partial charge in [0.25, 0.3) is 0 Å². The van der Waals surface area contributed by atoms with Crippen LogP contribution in [0.15, 0.2) is 0 Å². The van der Waals surface area contributed by atoms with E-state index in [1.807, 2.05) is 0 Å². The quantitative estimate of drug-likeness (QED) is 0.183. The third-order valence-corrected chi connectivity index (χ3v) is 5.23. The van der Waals surface area contributed by atoms with Crippen LogP contribution in [0.5, 0.6) is 0 Å². The first kappa shape index (κ1) is 26.9. The first-order valence-corrected chi connectivity index (χ1v) is 12.1. The number of amides is 1. The molecule has 4 heteroatoms. The Morgan fingerprint density at radius 1 is 0.679 bits per heavy atom. The van der Waals surface area contributed by atoms with Gasteiger partial charge in [-0.1, -0.05) is 104 Å². The van der Waals surface area contributed by atoms with Gasteiger partial charge in [0.15, 0.2) is 0 Å². The molecule has 1 atom stereocenters. The van der Waals surface area contributed by atoms with E-state index >= 15 is 0 Å². The normalized spacial score (nSPS) is 12.0. The summed E-state index contributed by atoms with van der Waals surface area (Å²) in [5.74, 6) is -0.359. The van der Waals surface area contributed by atoms with Crippen molar-refractivity contribution >= 4 is 11.9 Å². The van der Waals surface area contributed by atoms with Gasteiger partial charge in [0, 0.05) is 6.42 Å². The summed E-state index contributed by atoms with van der Waals surface area (Å²) in [5.41, 5.74) is 0. The minimum Gasteiger partial charge on any atom is -0.464 e. The van der Waals surface area contributed by atoms with Crippen LogP contribution in [0.2, 0.25) is 0 Å².